The zero-order chi connectivity index (χ0) is 14.4. The monoisotopic (exact) mass is 310 g/mol. The van der Waals surface area contributed by atoms with E-state index in [0.29, 0.717) is 15.9 Å². The van der Waals surface area contributed by atoms with Crippen molar-refractivity contribution in [2.75, 3.05) is 17.2 Å². The van der Waals surface area contributed by atoms with Crippen molar-refractivity contribution in [2.45, 2.75) is 19.8 Å². The molecule has 0 radical (unpaired) electrons. The summed E-state index contributed by atoms with van der Waals surface area (Å²) in [5.74, 6) is 1.46. The number of nitrogens with one attached hydrogen (secondary N) is 2. The molecular weight excluding hydrogens is 295 g/mol. The van der Waals surface area contributed by atoms with Crippen LogP contribution >= 0.6 is 23.2 Å². The van der Waals surface area contributed by atoms with E-state index in [1.807, 2.05) is 6.07 Å². The van der Waals surface area contributed by atoms with Gasteiger partial charge in [0.2, 0.25) is 0 Å². The number of anilines is 3. The van der Waals surface area contributed by atoms with E-state index >= 15 is 0 Å². The Labute approximate surface area is 128 Å². The molecule has 2 N–H and O–H groups in total. The number of nitrogens with zero attached hydrogens (tertiary/aromatic N) is 2. The van der Waals surface area contributed by atoms with Crippen LogP contribution in [0.3, 0.4) is 0 Å². The second-order valence-electron chi connectivity index (χ2n) is 4.32. The molecule has 0 amide bonds. The van der Waals surface area contributed by atoms with E-state index in [2.05, 4.69) is 27.5 Å². The normalized spacial score (nSPS) is 10.3. The van der Waals surface area contributed by atoms with Crippen molar-refractivity contribution in [3.8, 4) is 0 Å². The lowest BCUT2D eigenvalue weighted by molar-refractivity contribution is 0.830. The van der Waals surface area contributed by atoms with E-state index in [-0.39, 0.29) is 0 Å². The summed E-state index contributed by atoms with van der Waals surface area (Å²) < 4.78 is 0. The van der Waals surface area contributed by atoms with Gasteiger partial charge in [-0.15, -0.1) is 0 Å². The van der Waals surface area contributed by atoms with Crippen molar-refractivity contribution in [2.24, 2.45) is 0 Å². The van der Waals surface area contributed by atoms with E-state index in [0.717, 1.165) is 30.9 Å². The Kier molecular flexibility index (Phi) is 5.44. The molecule has 2 rings (SSSR count). The maximum Gasteiger partial charge on any atom is 0.135 e. The summed E-state index contributed by atoms with van der Waals surface area (Å²) in [6.07, 6.45) is 3.75. The van der Waals surface area contributed by atoms with E-state index in [9.17, 15) is 0 Å². The highest BCUT2D eigenvalue weighted by molar-refractivity contribution is 6.35. The smallest absolute Gasteiger partial charge is 0.135 e. The number of benzene rings is 1. The molecule has 0 spiro atoms. The molecule has 0 saturated carbocycles. The summed E-state index contributed by atoms with van der Waals surface area (Å²) in [6, 6.07) is 7.09. The van der Waals surface area contributed by atoms with E-state index in [4.69, 9.17) is 23.2 Å². The summed E-state index contributed by atoms with van der Waals surface area (Å²) in [7, 11) is 0. The molecule has 0 saturated heterocycles. The minimum Gasteiger partial charge on any atom is -0.370 e. The fourth-order valence-electron chi connectivity index (χ4n) is 1.65. The number of halogens is 2. The van der Waals surface area contributed by atoms with Gasteiger partial charge in [-0.05, 0) is 24.6 Å². The fourth-order valence-corrected chi connectivity index (χ4v) is 1.98. The van der Waals surface area contributed by atoms with E-state index in [1.165, 1.54) is 6.33 Å². The minimum absolute atomic E-state index is 0.591. The van der Waals surface area contributed by atoms with Crippen LogP contribution in [-0.2, 0) is 0 Å². The molecule has 0 atom stereocenters. The zero-order valence-corrected chi connectivity index (χ0v) is 12.7. The molecule has 1 heterocycles. The van der Waals surface area contributed by atoms with Gasteiger partial charge in [0.05, 0.1) is 10.7 Å². The van der Waals surface area contributed by atoms with Gasteiger partial charge < -0.3 is 10.6 Å². The molecule has 106 valence electrons. The first-order valence-corrected chi connectivity index (χ1v) is 7.22. The Hall–Kier alpha value is -1.52. The molecule has 0 aliphatic rings. The minimum atomic E-state index is 0.591. The number of unbranched alkanes of at least 4 members (excludes halogenated alkanes) is 1. The lowest BCUT2D eigenvalue weighted by Crippen LogP contribution is -2.04. The van der Waals surface area contributed by atoms with Crippen molar-refractivity contribution >= 4 is 40.5 Å². The van der Waals surface area contributed by atoms with Crippen LogP contribution in [0.2, 0.25) is 10.0 Å². The van der Waals surface area contributed by atoms with Gasteiger partial charge in [-0.25, -0.2) is 9.97 Å². The van der Waals surface area contributed by atoms with Crippen LogP contribution in [0.1, 0.15) is 19.8 Å². The van der Waals surface area contributed by atoms with Crippen LogP contribution < -0.4 is 10.6 Å². The Bertz CT molecular complexity index is 575. The number of aromatic nitrogens is 2. The van der Waals surface area contributed by atoms with Crippen LogP contribution in [0.5, 0.6) is 0 Å². The highest BCUT2D eigenvalue weighted by Crippen LogP contribution is 2.28. The first kappa shape index (κ1) is 14.9. The second kappa shape index (κ2) is 7.31. The average Bonchev–Trinajstić information content (AvgIpc) is 2.44. The van der Waals surface area contributed by atoms with Crippen molar-refractivity contribution in [1.29, 1.82) is 0 Å². The highest BCUT2D eigenvalue weighted by Gasteiger charge is 2.04. The van der Waals surface area contributed by atoms with Gasteiger partial charge in [0, 0.05) is 17.6 Å². The topological polar surface area (TPSA) is 49.8 Å². The summed E-state index contributed by atoms with van der Waals surface area (Å²) >= 11 is 12.1. The number of hydrogen-bond donors (Lipinski definition) is 2. The summed E-state index contributed by atoms with van der Waals surface area (Å²) in [5, 5.41) is 7.59. The van der Waals surface area contributed by atoms with Crippen LogP contribution in [0.15, 0.2) is 30.6 Å². The maximum absolute atomic E-state index is 6.11. The van der Waals surface area contributed by atoms with Gasteiger partial charge in [-0.3, -0.25) is 0 Å². The molecule has 20 heavy (non-hydrogen) atoms. The molecule has 4 nitrogen and oxygen atoms in total. The van der Waals surface area contributed by atoms with Crippen LogP contribution in [0.25, 0.3) is 0 Å². The van der Waals surface area contributed by atoms with E-state index in [1.54, 1.807) is 18.2 Å². The number of rotatable bonds is 6. The molecule has 0 fully saturated rings. The van der Waals surface area contributed by atoms with Crippen molar-refractivity contribution in [3.63, 3.8) is 0 Å². The van der Waals surface area contributed by atoms with E-state index < -0.39 is 0 Å². The molecule has 1 aromatic heterocycles. The molecule has 6 heteroatoms. The SMILES string of the molecule is CCCCNc1cc(Nc2cc(Cl)ccc2Cl)ncn1. The largest absolute Gasteiger partial charge is 0.370 e. The number of hydrogen-bond acceptors (Lipinski definition) is 4. The molecule has 1 aromatic carbocycles. The standard InChI is InChI=1S/C14H16Cl2N4/c1-2-3-6-17-13-8-14(19-9-18-13)20-12-7-10(15)4-5-11(12)16/h4-5,7-9H,2-3,6H2,1H3,(H2,17,18,19,20). The van der Waals surface area contributed by atoms with Gasteiger partial charge in [0.15, 0.2) is 0 Å². The molecule has 0 aliphatic carbocycles. The highest BCUT2D eigenvalue weighted by atomic mass is 35.5. The van der Waals surface area contributed by atoms with Crippen LogP contribution in [0, 0.1) is 0 Å². The lowest BCUT2D eigenvalue weighted by Gasteiger charge is -2.09. The summed E-state index contributed by atoms with van der Waals surface area (Å²) in [5.41, 5.74) is 0.720. The first-order chi connectivity index (χ1) is 9.69. The van der Waals surface area contributed by atoms with Crippen molar-refractivity contribution in [3.05, 3.63) is 40.6 Å². The quantitative estimate of drug-likeness (QED) is 0.757. The van der Waals surface area contributed by atoms with Gasteiger partial charge >= 0.3 is 0 Å². The molecule has 0 unspecified atom stereocenters. The summed E-state index contributed by atoms with van der Waals surface area (Å²) in [4.78, 5) is 8.34. The maximum atomic E-state index is 6.11. The Morgan fingerprint density at radius 1 is 1.10 bits per heavy atom. The van der Waals surface area contributed by atoms with Gasteiger partial charge in [-0.1, -0.05) is 36.5 Å². The average molecular weight is 311 g/mol. The Morgan fingerprint density at radius 2 is 1.90 bits per heavy atom. The first-order valence-electron chi connectivity index (χ1n) is 6.47. The third-order valence-electron chi connectivity index (χ3n) is 2.69. The van der Waals surface area contributed by atoms with Crippen LogP contribution in [-0.4, -0.2) is 16.5 Å². The molecule has 0 aliphatic heterocycles. The lowest BCUT2D eigenvalue weighted by atomic mass is 10.3. The van der Waals surface area contributed by atoms with Gasteiger partial charge in [0.1, 0.15) is 18.0 Å². The van der Waals surface area contributed by atoms with Gasteiger partial charge in [-0.2, -0.15) is 0 Å². The third kappa shape index (κ3) is 4.25. The molecular formula is C14H16Cl2N4. The molecule has 2 aromatic rings. The van der Waals surface area contributed by atoms with Gasteiger partial charge in [0.25, 0.3) is 0 Å². The van der Waals surface area contributed by atoms with Crippen LogP contribution in [0.4, 0.5) is 17.3 Å². The van der Waals surface area contributed by atoms with Crippen molar-refractivity contribution in [1.82, 2.24) is 9.97 Å². The summed E-state index contributed by atoms with van der Waals surface area (Å²) in [6.45, 7) is 3.04. The van der Waals surface area contributed by atoms with Crippen molar-refractivity contribution < 1.29 is 0 Å². The molecule has 0 bridgehead atoms. The predicted molar refractivity (Wildman–Crippen MR) is 85.2 cm³/mol. The third-order valence-corrected chi connectivity index (χ3v) is 3.26. The Balaban J connectivity index is 2.09. The predicted octanol–water partition coefficient (Wildman–Crippen LogP) is 4.74. The second-order valence-corrected chi connectivity index (χ2v) is 5.16. The Morgan fingerprint density at radius 3 is 2.70 bits per heavy atom. The zero-order valence-electron chi connectivity index (χ0n) is 11.2. The fraction of sp³-hybridized carbons (Fsp3) is 0.286.